The summed E-state index contributed by atoms with van der Waals surface area (Å²) in [5, 5.41) is 2.79. The Bertz CT molecular complexity index is 670. The average molecular weight is 326 g/mol. The lowest BCUT2D eigenvalue weighted by Crippen LogP contribution is -2.32. The first-order valence-corrected chi connectivity index (χ1v) is 8.23. The van der Waals surface area contributed by atoms with Gasteiger partial charge < -0.3 is 9.64 Å². The second kappa shape index (κ2) is 7.97. The Morgan fingerprint density at radius 3 is 2.33 bits per heavy atom. The normalized spacial score (nSPS) is 13.4. The molecule has 0 fully saturated rings. The van der Waals surface area contributed by atoms with E-state index in [1.54, 1.807) is 0 Å². The molecule has 0 radical (unpaired) electrons. The Kier molecular flexibility index (Phi) is 5.99. The van der Waals surface area contributed by atoms with Crippen LogP contribution in [0.25, 0.3) is 0 Å². The number of amides is 1. The Hall–Kier alpha value is -2.33. The van der Waals surface area contributed by atoms with Gasteiger partial charge in [-0.15, -0.1) is 0 Å². The molecule has 0 saturated heterocycles. The molecule has 0 saturated carbocycles. The summed E-state index contributed by atoms with van der Waals surface area (Å²) in [4.78, 5) is 14.5. The summed E-state index contributed by atoms with van der Waals surface area (Å²) in [6.07, 6.45) is 0.254. The number of rotatable bonds is 6. The number of nitrogens with zero attached hydrogens (tertiary/aromatic N) is 1. The molecule has 2 rings (SSSR count). The van der Waals surface area contributed by atoms with E-state index in [2.05, 4.69) is 16.3 Å². The molecule has 0 aliphatic rings. The summed E-state index contributed by atoms with van der Waals surface area (Å²) in [7, 11) is 4.06. The summed E-state index contributed by atoms with van der Waals surface area (Å²) in [5.74, 6) is 0. The van der Waals surface area contributed by atoms with Gasteiger partial charge in [0, 0.05) is 12.2 Å². The van der Waals surface area contributed by atoms with E-state index < -0.39 is 11.7 Å². The molecule has 0 heterocycles. The molecule has 128 valence electrons. The van der Waals surface area contributed by atoms with Crippen LogP contribution in [-0.4, -0.2) is 25.1 Å². The number of para-hydroxylation sites is 1. The molecule has 1 N–H and O–H groups in total. The van der Waals surface area contributed by atoms with Crippen molar-refractivity contribution < 1.29 is 9.53 Å². The third kappa shape index (κ3) is 4.59. The molecule has 4 heteroatoms. The van der Waals surface area contributed by atoms with Gasteiger partial charge in [0.1, 0.15) is 5.60 Å². The molecule has 0 aliphatic heterocycles. The van der Waals surface area contributed by atoms with Crippen LogP contribution in [0.4, 0.5) is 10.5 Å². The summed E-state index contributed by atoms with van der Waals surface area (Å²) in [5.41, 5.74) is 2.26. The number of nitrogens with one attached hydrogen (secondary N) is 1. The van der Waals surface area contributed by atoms with Gasteiger partial charge >= 0.3 is 6.09 Å². The number of carbonyl (C=O) groups excluding carboxylic acids is 1. The zero-order chi connectivity index (χ0) is 17.6. The molecule has 4 nitrogen and oxygen atoms in total. The highest BCUT2D eigenvalue weighted by atomic mass is 16.6. The molecule has 2 aromatic carbocycles. The molecule has 1 amide bonds. The van der Waals surface area contributed by atoms with E-state index in [0.29, 0.717) is 6.42 Å². The van der Waals surface area contributed by atoms with Crippen LogP contribution in [0.3, 0.4) is 0 Å². The number of carbonyl (C=O) groups is 1. The second-order valence-corrected chi connectivity index (χ2v) is 6.36. The van der Waals surface area contributed by atoms with E-state index in [0.717, 1.165) is 17.8 Å². The number of anilines is 1. The van der Waals surface area contributed by atoms with Gasteiger partial charge in [-0.1, -0.05) is 49.4 Å². The van der Waals surface area contributed by atoms with Crippen molar-refractivity contribution in [3.63, 3.8) is 0 Å². The Balaban J connectivity index is 2.20. The van der Waals surface area contributed by atoms with E-state index in [1.807, 2.05) is 76.5 Å². The fourth-order valence-corrected chi connectivity index (χ4v) is 2.70. The molecule has 0 bridgehead atoms. The quantitative estimate of drug-likeness (QED) is 0.842. The van der Waals surface area contributed by atoms with Crippen LogP contribution in [-0.2, 0) is 16.9 Å². The lowest BCUT2D eigenvalue weighted by Gasteiger charge is -2.31. The minimum Gasteiger partial charge on any atom is -0.438 e. The fourth-order valence-electron chi connectivity index (χ4n) is 2.70. The van der Waals surface area contributed by atoms with Gasteiger partial charge in [0.2, 0.25) is 0 Å². The van der Waals surface area contributed by atoms with Crippen molar-refractivity contribution >= 4 is 11.8 Å². The van der Waals surface area contributed by atoms with Crippen LogP contribution in [0.15, 0.2) is 54.6 Å². The first-order valence-electron chi connectivity index (χ1n) is 8.23. The van der Waals surface area contributed by atoms with Crippen molar-refractivity contribution in [1.82, 2.24) is 4.90 Å². The summed E-state index contributed by atoms with van der Waals surface area (Å²) in [6.45, 7) is 4.80. The molecule has 24 heavy (non-hydrogen) atoms. The number of hydrogen-bond acceptors (Lipinski definition) is 3. The minimum absolute atomic E-state index is 0.440. The zero-order valence-electron chi connectivity index (χ0n) is 14.9. The van der Waals surface area contributed by atoms with Gasteiger partial charge in [0.25, 0.3) is 0 Å². The molecule has 2 aromatic rings. The highest BCUT2D eigenvalue weighted by Gasteiger charge is 2.31. The van der Waals surface area contributed by atoms with Crippen molar-refractivity contribution in [1.29, 1.82) is 0 Å². The smallest absolute Gasteiger partial charge is 0.412 e. The SMILES string of the molecule is CCC(C)(OC(=O)Nc1ccccc1)c1ccccc1CN(C)C. The van der Waals surface area contributed by atoms with Crippen molar-refractivity contribution in [3.05, 3.63) is 65.7 Å². The van der Waals surface area contributed by atoms with Crippen LogP contribution >= 0.6 is 0 Å². The standard InChI is InChI=1S/C20H26N2O2/c1-5-20(2,18-14-10-9-11-16(18)15-22(3)4)24-19(23)21-17-12-7-6-8-13-17/h6-14H,5,15H2,1-4H3,(H,21,23). The lowest BCUT2D eigenvalue weighted by molar-refractivity contribution is 0.0270. The molecule has 0 aromatic heterocycles. The van der Waals surface area contributed by atoms with E-state index in [9.17, 15) is 4.79 Å². The monoisotopic (exact) mass is 326 g/mol. The average Bonchev–Trinajstić information content (AvgIpc) is 2.55. The molecular formula is C20H26N2O2. The van der Waals surface area contributed by atoms with E-state index in [-0.39, 0.29) is 0 Å². The summed E-state index contributed by atoms with van der Waals surface area (Å²) >= 11 is 0. The maximum Gasteiger partial charge on any atom is 0.412 e. The fraction of sp³-hybridized carbons (Fsp3) is 0.350. The van der Waals surface area contributed by atoms with Crippen LogP contribution in [0.2, 0.25) is 0 Å². The Morgan fingerprint density at radius 2 is 1.71 bits per heavy atom. The molecular weight excluding hydrogens is 300 g/mol. The van der Waals surface area contributed by atoms with Gasteiger partial charge in [0.05, 0.1) is 0 Å². The van der Waals surface area contributed by atoms with Crippen LogP contribution in [0.1, 0.15) is 31.4 Å². The Morgan fingerprint density at radius 1 is 1.08 bits per heavy atom. The third-order valence-electron chi connectivity index (χ3n) is 4.09. The highest BCUT2D eigenvalue weighted by Crippen LogP contribution is 2.32. The van der Waals surface area contributed by atoms with Crippen LogP contribution in [0, 0.1) is 0 Å². The molecule has 0 spiro atoms. The van der Waals surface area contributed by atoms with Gasteiger partial charge in [-0.25, -0.2) is 4.79 Å². The maximum atomic E-state index is 12.4. The van der Waals surface area contributed by atoms with E-state index >= 15 is 0 Å². The highest BCUT2D eigenvalue weighted by molar-refractivity contribution is 5.84. The van der Waals surface area contributed by atoms with Crippen molar-refractivity contribution in [2.75, 3.05) is 19.4 Å². The molecule has 1 unspecified atom stereocenters. The number of hydrogen-bond donors (Lipinski definition) is 1. The van der Waals surface area contributed by atoms with Crippen molar-refractivity contribution in [2.24, 2.45) is 0 Å². The maximum absolute atomic E-state index is 12.4. The van der Waals surface area contributed by atoms with Crippen molar-refractivity contribution in [3.8, 4) is 0 Å². The van der Waals surface area contributed by atoms with Crippen LogP contribution < -0.4 is 5.32 Å². The Labute approximate surface area is 144 Å². The number of benzene rings is 2. The van der Waals surface area contributed by atoms with Gasteiger partial charge in [-0.3, -0.25) is 5.32 Å². The van der Waals surface area contributed by atoms with Gasteiger partial charge in [0.15, 0.2) is 0 Å². The zero-order valence-corrected chi connectivity index (χ0v) is 14.9. The summed E-state index contributed by atoms with van der Waals surface area (Å²) in [6, 6.07) is 17.5. The molecule has 0 aliphatic carbocycles. The third-order valence-corrected chi connectivity index (χ3v) is 4.09. The predicted octanol–water partition coefficient (Wildman–Crippen LogP) is 4.62. The van der Waals surface area contributed by atoms with Gasteiger partial charge in [-0.05, 0) is 50.7 Å². The lowest BCUT2D eigenvalue weighted by atomic mass is 9.89. The summed E-state index contributed by atoms with van der Waals surface area (Å²) < 4.78 is 5.83. The molecule has 1 atom stereocenters. The van der Waals surface area contributed by atoms with Gasteiger partial charge in [-0.2, -0.15) is 0 Å². The number of ether oxygens (including phenoxy) is 1. The largest absolute Gasteiger partial charge is 0.438 e. The topological polar surface area (TPSA) is 41.6 Å². The van der Waals surface area contributed by atoms with Crippen molar-refractivity contribution in [2.45, 2.75) is 32.4 Å². The second-order valence-electron chi connectivity index (χ2n) is 6.36. The first-order chi connectivity index (χ1) is 11.4. The first kappa shape index (κ1) is 18.0. The van der Waals surface area contributed by atoms with E-state index in [4.69, 9.17) is 4.74 Å². The van der Waals surface area contributed by atoms with E-state index in [1.165, 1.54) is 5.56 Å². The predicted molar refractivity (Wildman–Crippen MR) is 98.0 cm³/mol. The minimum atomic E-state index is -0.675. The van der Waals surface area contributed by atoms with Crippen LogP contribution in [0.5, 0.6) is 0 Å².